The zero-order chi connectivity index (χ0) is 24.4. The fourth-order valence-corrected chi connectivity index (χ4v) is 7.16. The Hall–Kier alpha value is -1.16. The molecule has 3 aliphatic rings. The van der Waals surface area contributed by atoms with Gasteiger partial charge in [0.05, 0.1) is 17.8 Å². The molecule has 0 heterocycles. The molecule has 3 saturated carbocycles. The van der Waals surface area contributed by atoms with E-state index in [1.807, 2.05) is 0 Å². The van der Waals surface area contributed by atoms with Crippen LogP contribution in [-0.4, -0.2) is 33.1 Å². The largest absolute Gasteiger partial charge is 0.393 e. The molecule has 1 unspecified atom stereocenters. The van der Waals surface area contributed by atoms with Gasteiger partial charge in [-0.1, -0.05) is 71.1 Å². The van der Waals surface area contributed by atoms with Crippen molar-refractivity contribution in [3.63, 3.8) is 0 Å². The Morgan fingerprint density at radius 1 is 1.12 bits per heavy atom. The lowest BCUT2D eigenvalue weighted by molar-refractivity contribution is -0.00206. The molecule has 3 nitrogen and oxygen atoms in total. The van der Waals surface area contributed by atoms with Gasteiger partial charge in [0.15, 0.2) is 0 Å². The van der Waals surface area contributed by atoms with E-state index in [1.54, 1.807) is 0 Å². The summed E-state index contributed by atoms with van der Waals surface area (Å²) in [4.78, 5) is 0. The van der Waals surface area contributed by atoms with Gasteiger partial charge in [0.1, 0.15) is 0 Å². The highest BCUT2D eigenvalue weighted by Gasteiger charge is 2.50. The molecule has 0 radical (unpaired) electrons. The second kappa shape index (κ2) is 10.6. The molecule has 3 N–H and O–H groups in total. The van der Waals surface area contributed by atoms with Gasteiger partial charge in [0.25, 0.3) is 0 Å². The minimum absolute atomic E-state index is 0.169. The second-order valence-electron chi connectivity index (χ2n) is 11.5. The molecule has 3 heteroatoms. The first-order valence-corrected chi connectivity index (χ1v) is 13.4. The third-order valence-corrected chi connectivity index (χ3v) is 9.71. The van der Waals surface area contributed by atoms with Crippen molar-refractivity contribution in [2.45, 2.75) is 110 Å². The predicted molar refractivity (Wildman–Crippen MR) is 138 cm³/mol. The van der Waals surface area contributed by atoms with Crippen LogP contribution in [0.1, 0.15) is 92.4 Å². The molecule has 0 aromatic rings. The Balaban J connectivity index is 1.75. The highest BCUT2D eigenvalue weighted by Crippen LogP contribution is 2.59. The van der Waals surface area contributed by atoms with Gasteiger partial charge in [-0.25, -0.2) is 0 Å². The lowest BCUT2D eigenvalue weighted by Crippen LogP contribution is -2.36. The first-order chi connectivity index (χ1) is 15.6. The number of aliphatic hydroxyl groups excluding tert-OH is 2. The highest BCUT2D eigenvalue weighted by molar-refractivity contribution is 5.38. The molecule has 0 spiro atoms. The fraction of sp³-hybridized carbons (Fsp3) is 0.733. The topological polar surface area (TPSA) is 60.7 Å². The number of hydrogen-bond donors (Lipinski definition) is 3. The van der Waals surface area contributed by atoms with Crippen molar-refractivity contribution in [1.82, 2.24) is 0 Å². The van der Waals surface area contributed by atoms with Crippen molar-refractivity contribution in [1.29, 1.82) is 0 Å². The number of hydrogen-bond acceptors (Lipinski definition) is 3. The van der Waals surface area contributed by atoms with E-state index >= 15 is 0 Å². The highest BCUT2D eigenvalue weighted by atomic mass is 16.3. The maximum Gasteiger partial charge on any atom is 0.0811 e. The van der Waals surface area contributed by atoms with Crippen LogP contribution in [0.4, 0.5) is 0 Å². The zero-order valence-corrected chi connectivity index (χ0v) is 21.7. The van der Waals surface area contributed by atoms with Gasteiger partial charge in [0, 0.05) is 12.3 Å². The lowest BCUT2D eigenvalue weighted by atomic mass is 9.61. The Morgan fingerprint density at radius 2 is 1.82 bits per heavy atom. The van der Waals surface area contributed by atoms with Gasteiger partial charge in [-0.05, 0) is 85.7 Å². The predicted octanol–water partition coefficient (Wildman–Crippen LogP) is 6.51. The first-order valence-electron chi connectivity index (χ1n) is 13.4. The monoisotopic (exact) mass is 456 g/mol. The molecule has 33 heavy (non-hydrogen) atoms. The molecule has 0 aromatic carbocycles. The molecule has 3 fully saturated rings. The maximum atomic E-state index is 10.9. The number of rotatable bonds is 7. The summed E-state index contributed by atoms with van der Waals surface area (Å²) in [5.41, 5.74) is 3.02. The van der Waals surface area contributed by atoms with Crippen molar-refractivity contribution in [2.24, 2.45) is 29.1 Å². The molecule has 186 valence electrons. The Kier molecular flexibility index (Phi) is 8.51. The standard InChI is InChI=1S/C30H48O3/c1-7-30(33,8-2)21(4)12-11-20(3)26-15-16-27-23(10-9-17-29(26,27)6)13-14-24-18-25(31)19-28(32)22(24)5/h11-14,20-21,25-28,31-33H,5,7-10,15-19H2,1-4,6H3/b12-11+,23-13?,24-14?/t20-,21-,25-,26-,27?,28+,29-/m1/s1. The smallest absolute Gasteiger partial charge is 0.0811 e. The summed E-state index contributed by atoms with van der Waals surface area (Å²) in [7, 11) is 0. The van der Waals surface area contributed by atoms with Crippen molar-refractivity contribution in [2.75, 3.05) is 0 Å². The zero-order valence-electron chi connectivity index (χ0n) is 21.7. The van der Waals surface area contributed by atoms with Crippen LogP contribution in [0.5, 0.6) is 0 Å². The minimum atomic E-state index is -0.626. The van der Waals surface area contributed by atoms with Crippen molar-refractivity contribution < 1.29 is 15.3 Å². The summed E-state index contributed by atoms with van der Waals surface area (Å²) in [5, 5.41) is 31.1. The van der Waals surface area contributed by atoms with E-state index in [9.17, 15) is 15.3 Å². The molecule has 0 bridgehead atoms. The lowest BCUT2D eigenvalue weighted by Gasteiger charge is -2.44. The van der Waals surface area contributed by atoms with Crippen LogP contribution in [0, 0.1) is 29.1 Å². The van der Waals surface area contributed by atoms with Gasteiger partial charge < -0.3 is 15.3 Å². The van der Waals surface area contributed by atoms with Gasteiger partial charge in [-0.2, -0.15) is 0 Å². The van der Waals surface area contributed by atoms with E-state index in [-0.39, 0.29) is 5.92 Å². The van der Waals surface area contributed by atoms with Crippen LogP contribution in [0.15, 0.2) is 47.6 Å². The van der Waals surface area contributed by atoms with Crippen LogP contribution < -0.4 is 0 Å². The summed E-state index contributed by atoms with van der Waals surface area (Å²) in [6, 6.07) is 0. The molecule has 0 aromatic heterocycles. The number of aliphatic hydroxyl groups is 3. The van der Waals surface area contributed by atoms with E-state index in [0.29, 0.717) is 36.0 Å². The molecular formula is C30H48O3. The van der Waals surface area contributed by atoms with Gasteiger partial charge in [0.2, 0.25) is 0 Å². The second-order valence-corrected chi connectivity index (χ2v) is 11.5. The van der Waals surface area contributed by atoms with E-state index < -0.39 is 17.8 Å². The van der Waals surface area contributed by atoms with Crippen molar-refractivity contribution >= 4 is 0 Å². The van der Waals surface area contributed by atoms with Gasteiger partial charge in [-0.3, -0.25) is 0 Å². The van der Waals surface area contributed by atoms with Gasteiger partial charge >= 0.3 is 0 Å². The summed E-state index contributed by atoms with van der Waals surface area (Å²) >= 11 is 0. The summed E-state index contributed by atoms with van der Waals surface area (Å²) in [5.74, 6) is 1.94. The van der Waals surface area contributed by atoms with E-state index in [4.69, 9.17) is 0 Å². The molecular weight excluding hydrogens is 408 g/mol. The third kappa shape index (κ3) is 5.41. The normalized spacial score (nSPS) is 37.6. The average molecular weight is 457 g/mol. The quantitative estimate of drug-likeness (QED) is 0.383. The van der Waals surface area contributed by atoms with Crippen LogP contribution in [0.2, 0.25) is 0 Å². The third-order valence-electron chi connectivity index (χ3n) is 9.71. The molecule has 7 atom stereocenters. The van der Waals surface area contributed by atoms with E-state index in [2.05, 4.69) is 65.5 Å². The average Bonchev–Trinajstić information content (AvgIpc) is 3.15. The molecule has 0 amide bonds. The Morgan fingerprint density at radius 3 is 2.48 bits per heavy atom. The number of fused-ring (bicyclic) bond motifs is 1. The molecule has 3 rings (SSSR count). The van der Waals surface area contributed by atoms with Crippen LogP contribution in [-0.2, 0) is 0 Å². The van der Waals surface area contributed by atoms with E-state index in [0.717, 1.165) is 30.4 Å². The summed E-state index contributed by atoms with van der Waals surface area (Å²) in [6.45, 7) is 15.3. The molecule has 0 saturated heterocycles. The van der Waals surface area contributed by atoms with E-state index in [1.165, 1.54) is 31.3 Å². The molecule has 3 aliphatic carbocycles. The maximum absolute atomic E-state index is 10.9. The SMILES string of the molecule is C=C1C(=CC=C2CCC[C@@]3(C)C2CC[C@@H]3[C@H](C)/C=C/[C@@H](C)C(O)(CC)CC)C[C@@H](O)C[C@@H]1O. The fourth-order valence-electron chi connectivity index (χ4n) is 7.16. The van der Waals surface area contributed by atoms with Gasteiger partial charge in [-0.15, -0.1) is 0 Å². The summed E-state index contributed by atoms with van der Waals surface area (Å²) < 4.78 is 0. The minimum Gasteiger partial charge on any atom is -0.393 e. The molecule has 0 aliphatic heterocycles. The van der Waals surface area contributed by atoms with Crippen LogP contribution in [0.25, 0.3) is 0 Å². The summed E-state index contributed by atoms with van der Waals surface area (Å²) in [6.07, 6.45) is 16.7. The number of allylic oxidation sites excluding steroid dienone is 4. The Labute approximate surface area is 202 Å². The van der Waals surface area contributed by atoms with Crippen molar-refractivity contribution in [3.8, 4) is 0 Å². The van der Waals surface area contributed by atoms with Crippen LogP contribution >= 0.6 is 0 Å². The van der Waals surface area contributed by atoms with Crippen molar-refractivity contribution in [3.05, 3.63) is 47.6 Å². The first kappa shape index (κ1) is 26.4. The Bertz CT molecular complexity index is 786. The van der Waals surface area contributed by atoms with Crippen LogP contribution in [0.3, 0.4) is 0 Å².